The predicted octanol–water partition coefficient (Wildman–Crippen LogP) is 1.93. The van der Waals surface area contributed by atoms with Crippen LogP contribution in [0.2, 0.25) is 0 Å². The summed E-state index contributed by atoms with van der Waals surface area (Å²) in [7, 11) is 3.57. The Balaban J connectivity index is 0.00000312. The first-order valence-electron chi connectivity index (χ1n) is 8.12. The number of aromatic nitrogens is 4. The number of aliphatic hydroxyl groups excluding tert-OH is 1. The molecule has 0 aliphatic rings. The van der Waals surface area contributed by atoms with E-state index < -0.39 is 6.10 Å². The van der Waals surface area contributed by atoms with Crippen molar-refractivity contribution in [1.29, 1.82) is 0 Å². The molecule has 2 atom stereocenters. The monoisotopic (exact) mass is 370 g/mol. The van der Waals surface area contributed by atoms with Crippen molar-refractivity contribution in [3.63, 3.8) is 0 Å². The third-order valence-electron chi connectivity index (χ3n) is 3.56. The van der Waals surface area contributed by atoms with Crippen LogP contribution < -0.4 is 21.3 Å². The van der Waals surface area contributed by atoms with Crippen LogP contribution in [0.5, 0.6) is 0 Å². The highest BCUT2D eigenvalue weighted by atomic mass is 35.5. The summed E-state index contributed by atoms with van der Waals surface area (Å²) in [5.74, 6) is 2.16. The van der Waals surface area contributed by atoms with E-state index in [0.717, 1.165) is 6.42 Å². The number of hydrogen-bond donors (Lipinski definition) is 5. The molecule has 0 saturated heterocycles. The quantitative estimate of drug-likeness (QED) is 0.474. The smallest absolute Gasteiger partial charge is 0.225 e. The van der Waals surface area contributed by atoms with Gasteiger partial charge in [0.1, 0.15) is 11.0 Å². The van der Waals surface area contributed by atoms with Crippen LogP contribution in [-0.2, 0) is 0 Å². The Kier molecular flexibility index (Phi) is 7.85. The first-order chi connectivity index (χ1) is 11.5. The maximum atomic E-state index is 9.42. The van der Waals surface area contributed by atoms with Crippen molar-refractivity contribution in [2.24, 2.45) is 0 Å². The van der Waals surface area contributed by atoms with Crippen molar-refractivity contribution < 1.29 is 5.11 Å². The summed E-state index contributed by atoms with van der Waals surface area (Å²) in [6.45, 7) is 6.23. The highest BCUT2D eigenvalue weighted by molar-refractivity contribution is 5.94. The minimum absolute atomic E-state index is 0. The summed E-state index contributed by atoms with van der Waals surface area (Å²) in [6.07, 6.45) is 0.470. The van der Waals surface area contributed by atoms with Gasteiger partial charge in [0.2, 0.25) is 11.9 Å². The fraction of sp³-hybridized carbons (Fsp3) is 0.600. The normalized spacial score (nSPS) is 12.9. The topological polar surface area (TPSA) is 120 Å². The van der Waals surface area contributed by atoms with Crippen LogP contribution in [0.3, 0.4) is 0 Å². The van der Waals surface area contributed by atoms with Crippen LogP contribution in [0.25, 0.3) is 11.0 Å². The third kappa shape index (κ3) is 5.17. The number of nitrogens with one attached hydrogen (secondary N) is 4. The summed E-state index contributed by atoms with van der Waals surface area (Å²) < 4.78 is 0. The van der Waals surface area contributed by atoms with Crippen LogP contribution in [0, 0.1) is 0 Å². The SMILES string of the molecule is CC[C@H](C)Nc1nc(NC)c2nc(NC[C@H](C)O)nc(NC)c2n1.Cl. The Bertz CT molecular complexity index is 697. The van der Waals surface area contributed by atoms with Crippen LogP contribution >= 0.6 is 12.4 Å². The van der Waals surface area contributed by atoms with E-state index in [1.807, 2.05) is 0 Å². The summed E-state index contributed by atoms with van der Waals surface area (Å²) in [5.41, 5.74) is 1.24. The van der Waals surface area contributed by atoms with E-state index in [1.54, 1.807) is 21.0 Å². The van der Waals surface area contributed by atoms with E-state index >= 15 is 0 Å². The Hall–Kier alpha value is -2.13. The maximum Gasteiger partial charge on any atom is 0.225 e. The average molecular weight is 371 g/mol. The predicted molar refractivity (Wildman–Crippen MR) is 105 cm³/mol. The number of fused-ring (bicyclic) bond motifs is 1. The van der Waals surface area contributed by atoms with Gasteiger partial charge in [-0.15, -0.1) is 12.4 Å². The summed E-state index contributed by atoms with van der Waals surface area (Å²) >= 11 is 0. The molecule has 0 radical (unpaired) electrons. The van der Waals surface area contributed by atoms with Gasteiger partial charge >= 0.3 is 0 Å². The molecule has 0 bridgehead atoms. The molecule has 10 heteroatoms. The lowest BCUT2D eigenvalue weighted by Gasteiger charge is -2.15. The number of hydrogen-bond acceptors (Lipinski definition) is 9. The first-order valence-corrected chi connectivity index (χ1v) is 8.12. The molecule has 2 rings (SSSR count). The van der Waals surface area contributed by atoms with Gasteiger partial charge in [-0.25, -0.2) is 9.97 Å². The second-order valence-corrected chi connectivity index (χ2v) is 5.67. The number of halogens is 1. The molecule has 0 aliphatic carbocycles. The van der Waals surface area contributed by atoms with Gasteiger partial charge in [0.05, 0.1) is 6.10 Å². The van der Waals surface area contributed by atoms with Crippen molar-refractivity contribution in [2.45, 2.75) is 39.3 Å². The average Bonchev–Trinajstić information content (AvgIpc) is 2.58. The van der Waals surface area contributed by atoms with Gasteiger partial charge in [-0.1, -0.05) is 6.92 Å². The second-order valence-electron chi connectivity index (χ2n) is 5.67. The zero-order chi connectivity index (χ0) is 17.7. The standard InChI is InChI=1S/C15H26N8O.ClH/c1-6-8(2)19-15-21-11-10(13(17-5)23-15)20-14(18-7-9(3)24)22-12(11)16-4;/h8-9,24H,6-7H2,1-5H3,(H2,16,18,20,22)(H2,17,19,21,23);1H/t8-,9-;/m0./s1. The lowest BCUT2D eigenvalue weighted by atomic mass is 10.3. The third-order valence-corrected chi connectivity index (χ3v) is 3.56. The zero-order valence-electron chi connectivity index (χ0n) is 15.2. The molecule has 9 nitrogen and oxygen atoms in total. The molecule has 0 saturated carbocycles. The van der Waals surface area contributed by atoms with Gasteiger partial charge in [0.25, 0.3) is 0 Å². The molecule has 2 aromatic heterocycles. The van der Waals surface area contributed by atoms with Gasteiger partial charge < -0.3 is 26.4 Å². The number of nitrogens with zero attached hydrogens (tertiary/aromatic N) is 4. The molecular weight excluding hydrogens is 344 g/mol. The molecule has 25 heavy (non-hydrogen) atoms. The van der Waals surface area contributed by atoms with Crippen LogP contribution in [0.15, 0.2) is 0 Å². The number of aliphatic hydroxyl groups is 1. The van der Waals surface area contributed by atoms with E-state index in [0.29, 0.717) is 41.1 Å². The van der Waals surface area contributed by atoms with Crippen molar-refractivity contribution in [3.8, 4) is 0 Å². The Morgan fingerprint density at radius 1 is 0.920 bits per heavy atom. The molecule has 2 heterocycles. The summed E-state index contributed by atoms with van der Waals surface area (Å²) in [5, 5.41) is 21.8. The Morgan fingerprint density at radius 2 is 1.44 bits per heavy atom. The molecule has 0 aliphatic heterocycles. The minimum Gasteiger partial charge on any atom is -0.392 e. The van der Waals surface area contributed by atoms with Gasteiger partial charge in [-0.05, 0) is 20.3 Å². The first kappa shape index (κ1) is 20.9. The molecule has 0 fully saturated rings. The van der Waals surface area contributed by atoms with Crippen LogP contribution in [-0.4, -0.2) is 57.8 Å². The maximum absolute atomic E-state index is 9.42. The Morgan fingerprint density at radius 3 is 1.92 bits per heavy atom. The van der Waals surface area contributed by atoms with Gasteiger partial charge in [-0.3, -0.25) is 0 Å². The van der Waals surface area contributed by atoms with Crippen LogP contribution in [0.1, 0.15) is 27.2 Å². The molecule has 140 valence electrons. The highest BCUT2D eigenvalue weighted by Crippen LogP contribution is 2.26. The second kappa shape index (κ2) is 9.38. The minimum atomic E-state index is -0.496. The van der Waals surface area contributed by atoms with Gasteiger partial charge in [-0.2, -0.15) is 9.97 Å². The van der Waals surface area contributed by atoms with Gasteiger partial charge in [0.15, 0.2) is 11.6 Å². The molecule has 0 aromatic carbocycles. The lowest BCUT2D eigenvalue weighted by Crippen LogP contribution is -2.18. The molecule has 0 amide bonds. The Labute approximate surface area is 153 Å². The summed E-state index contributed by atoms with van der Waals surface area (Å²) in [4.78, 5) is 17.9. The fourth-order valence-electron chi connectivity index (χ4n) is 2.07. The highest BCUT2D eigenvalue weighted by Gasteiger charge is 2.15. The van der Waals surface area contributed by atoms with Crippen molar-refractivity contribution >= 4 is 47.0 Å². The number of anilines is 4. The van der Waals surface area contributed by atoms with E-state index in [1.165, 1.54) is 0 Å². The van der Waals surface area contributed by atoms with Crippen molar-refractivity contribution in [3.05, 3.63) is 0 Å². The van der Waals surface area contributed by atoms with E-state index in [-0.39, 0.29) is 18.4 Å². The zero-order valence-corrected chi connectivity index (χ0v) is 16.0. The van der Waals surface area contributed by atoms with Crippen molar-refractivity contribution in [2.75, 3.05) is 41.9 Å². The lowest BCUT2D eigenvalue weighted by molar-refractivity contribution is 0.208. The van der Waals surface area contributed by atoms with E-state index in [2.05, 4.69) is 55.1 Å². The molecule has 2 aromatic rings. The van der Waals surface area contributed by atoms with Gasteiger partial charge in [0, 0.05) is 26.7 Å². The molecule has 0 spiro atoms. The van der Waals surface area contributed by atoms with Crippen molar-refractivity contribution in [1.82, 2.24) is 19.9 Å². The van der Waals surface area contributed by atoms with E-state index in [4.69, 9.17) is 0 Å². The van der Waals surface area contributed by atoms with E-state index in [9.17, 15) is 5.11 Å². The fourth-order valence-corrected chi connectivity index (χ4v) is 2.07. The largest absolute Gasteiger partial charge is 0.392 e. The molecule has 5 N–H and O–H groups in total. The summed E-state index contributed by atoms with van der Waals surface area (Å²) in [6, 6.07) is 0.262. The molecular formula is C15H27ClN8O. The van der Waals surface area contributed by atoms with Crippen LogP contribution in [0.4, 0.5) is 23.5 Å². The molecule has 0 unspecified atom stereocenters. The number of rotatable bonds is 8.